The number of anilines is 5. The number of thiophene rings is 6. The summed E-state index contributed by atoms with van der Waals surface area (Å²) in [5.41, 5.74) is 16.0. The lowest BCUT2D eigenvalue weighted by molar-refractivity contribution is 1.32. The third kappa shape index (κ3) is 12.6. The Balaban J connectivity index is 0.000000122. The van der Waals surface area contributed by atoms with Crippen LogP contribution in [0.3, 0.4) is 0 Å². The average molecular weight is 1760 g/mol. The van der Waals surface area contributed by atoms with E-state index < -0.39 is 0 Å². The van der Waals surface area contributed by atoms with Gasteiger partial charge in [-0.2, -0.15) is 0 Å². The summed E-state index contributed by atoms with van der Waals surface area (Å²) in [6, 6.07) is 137. The molecule has 6 heterocycles. The van der Waals surface area contributed by atoms with Crippen molar-refractivity contribution in [3.05, 3.63) is 381 Å². The molecule has 0 aliphatic heterocycles. The number of halogens is 2. The van der Waals surface area contributed by atoms with Crippen LogP contribution < -0.4 is 10.2 Å². The van der Waals surface area contributed by atoms with Crippen LogP contribution in [0.25, 0.3) is 187 Å². The molecule has 0 unspecified atom stereocenters. The fraction of sp³-hybridized carbons (Fsp3) is 0.00952. The standard InChI is InChI=1S/C52H31NS3.C28H19NS.C24H13BrS2.CH4.HI/c1-2-14-35-32(12-1)13-7-17-36(35)33-28-30-34(31-29-33)53(45-24-10-22-40-38-16-4-6-27-48(38)55-51(40)45)46-25-11-23-44-43-21-9-20-42(50(43)56-52(44)46)41-19-8-18-39-37-15-3-5-26-47(37)54-49(39)41;1-2-9-22-19(7-1)8-5-11-23(22)20-15-17-21(18-16-20)29-26-13-6-12-25-24-10-3-4-14-27(24)30-28(25)26;25-20-12-5-11-19-18-10-4-9-17(23(18)27-24(19)20)16-8-3-7-15-14-6-1-2-13-21(14)26-22(15)16;;/h1-31H;1-18,29H;1-13H;1H4;1H. The molecule has 0 saturated carbocycles. The smallest absolute Gasteiger partial charge is 0.0640 e. The molecule has 2 nitrogen and oxygen atoms in total. The molecule has 548 valence electrons. The van der Waals surface area contributed by atoms with Crippen LogP contribution in [0.2, 0.25) is 0 Å². The molecule has 1 N–H and O–H groups in total. The molecule has 0 aliphatic rings. The van der Waals surface area contributed by atoms with E-state index in [1.165, 1.54) is 203 Å². The Bertz CT molecular complexity index is 7890. The molecule has 0 fully saturated rings. The summed E-state index contributed by atoms with van der Waals surface area (Å²) in [5.74, 6) is 0. The highest BCUT2D eigenvalue weighted by atomic mass is 127. The Morgan fingerprint density at radius 1 is 0.217 bits per heavy atom. The van der Waals surface area contributed by atoms with Crippen molar-refractivity contribution >= 4 is 279 Å². The van der Waals surface area contributed by atoms with Crippen LogP contribution in [0.5, 0.6) is 0 Å². The Hall–Kier alpha value is -11.4. The third-order valence-electron chi connectivity index (χ3n) is 22.1. The molecule has 10 heteroatoms. The van der Waals surface area contributed by atoms with E-state index in [9.17, 15) is 0 Å². The number of hydrogen-bond acceptors (Lipinski definition) is 8. The van der Waals surface area contributed by atoms with E-state index in [4.69, 9.17) is 0 Å². The van der Waals surface area contributed by atoms with E-state index in [0.29, 0.717) is 0 Å². The van der Waals surface area contributed by atoms with Gasteiger partial charge in [0.25, 0.3) is 0 Å². The van der Waals surface area contributed by atoms with E-state index in [1.807, 2.05) is 68.0 Å². The Morgan fingerprint density at radius 2 is 0.504 bits per heavy atom. The first-order chi connectivity index (χ1) is 56.0. The van der Waals surface area contributed by atoms with Crippen LogP contribution in [0.4, 0.5) is 28.4 Å². The lowest BCUT2D eigenvalue weighted by Gasteiger charge is -2.27. The third-order valence-corrected chi connectivity index (χ3v) is 30.5. The van der Waals surface area contributed by atoms with Gasteiger partial charge < -0.3 is 10.2 Å². The zero-order valence-corrected chi connectivity index (χ0v) is 69.8. The quantitative estimate of drug-likeness (QED) is 0.145. The fourth-order valence-electron chi connectivity index (χ4n) is 16.9. The van der Waals surface area contributed by atoms with Gasteiger partial charge in [0, 0.05) is 145 Å². The predicted molar refractivity (Wildman–Crippen MR) is 528 cm³/mol. The first-order valence-corrected chi connectivity index (χ1v) is 43.5. The van der Waals surface area contributed by atoms with E-state index in [2.05, 4.69) is 402 Å². The maximum absolute atomic E-state index is 3.73. The highest BCUT2D eigenvalue weighted by molar-refractivity contribution is 14.0. The molecule has 18 aromatic carbocycles. The maximum Gasteiger partial charge on any atom is 0.0640 e. The molecule has 115 heavy (non-hydrogen) atoms. The van der Waals surface area contributed by atoms with Crippen molar-refractivity contribution in [2.45, 2.75) is 7.43 Å². The van der Waals surface area contributed by atoms with E-state index in [0.717, 1.165) is 17.1 Å². The van der Waals surface area contributed by atoms with Crippen molar-refractivity contribution in [2.75, 3.05) is 10.2 Å². The van der Waals surface area contributed by atoms with Crippen molar-refractivity contribution in [3.8, 4) is 44.5 Å². The molecule has 0 atom stereocenters. The SMILES string of the molecule is Brc1cccc2c1sc1c(-c3cccc4c3sc3ccccc34)cccc12.C.I.c1ccc2c(-c3ccc(N(c4cccc5c4sc4ccccc45)c4cccc5c4sc4c(-c6cccc7c6sc6ccccc67)cccc45)cc3)cccc2c1.c1ccc2c(-c3ccc(Nc4cccc5c4sc4ccccc45)cc3)cccc2c1. The van der Waals surface area contributed by atoms with Gasteiger partial charge in [0.1, 0.15) is 0 Å². The van der Waals surface area contributed by atoms with Gasteiger partial charge in [-0.1, -0.05) is 311 Å². The van der Waals surface area contributed by atoms with Gasteiger partial charge in [-0.25, -0.2) is 0 Å². The monoisotopic (exact) mass is 1750 g/mol. The largest absolute Gasteiger partial charge is 0.354 e. The maximum atomic E-state index is 3.73. The first-order valence-electron chi connectivity index (χ1n) is 37.9. The minimum Gasteiger partial charge on any atom is -0.354 e. The summed E-state index contributed by atoms with van der Waals surface area (Å²) >= 11 is 15.1. The van der Waals surface area contributed by atoms with Crippen molar-refractivity contribution in [3.63, 3.8) is 0 Å². The molecule has 6 aromatic heterocycles. The van der Waals surface area contributed by atoms with Crippen LogP contribution >= 0.6 is 108 Å². The second-order valence-corrected chi connectivity index (χ2v) is 35.7. The van der Waals surface area contributed by atoms with Gasteiger partial charge in [-0.05, 0) is 133 Å². The summed E-state index contributed by atoms with van der Waals surface area (Å²) in [7, 11) is 0. The van der Waals surface area contributed by atoms with Crippen molar-refractivity contribution < 1.29 is 0 Å². The molecule has 0 spiro atoms. The highest BCUT2D eigenvalue weighted by Gasteiger charge is 2.25. The lowest BCUT2D eigenvalue weighted by atomic mass is 9.98. The summed E-state index contributed by atoms with van der Waals surface area (Å²) in [6.45, 7) is 0. The van der Waals surface area contributed by atoms with Gasteiger partial charge >= 0.3 is 0 Å². The molecule has 0 amide bonds. The molecule has 24 aromatic rings. The number of nitrogens with one attached hydrogen (secondary N) is 1. The molecule has 0 saturated heterocycles. The van der Waals surface area contributed by atoms with Gasteiger partial charge in [0.2, 0.25) is 0 Å². The number of benzene rings is 18. The number of rotatable bonds is 9. The molecular formula is C105H68BrIN2S6. The first kappa shape index (κ1) is 72.6. The van der Waals surface area contributed by atoms with Gasteiger partial charge in [0.05, 0.1) is 31.2 Å². The van der Waals surface area contributed by atoms with Gasteiger partial charge in [0.15, 0.2) is 0 Å². The van der Waals surface area contributed by atoms with Gasteiger partial charge in [-0.3, -0.25) is 0 Å². The van der Waals surface area contributed by atoms with Crippen LogP contribution in [0.1, 0.15) is 7.43 Å². The molecule has 0 radical (unpaired) electrons. The molecular weight excluding hydrogens is 1690 g/mol. The van der Waals surface area contributed by atoms with E-state index in [-0.39, 0.29) is 31.4 Å². The second-order valence-electron chi connectivity index (χ2n) is 28.6. The van der Waals surface area contributed by atoms with Crippen molar-refractivity contribution in [2.24, 2.45) is 0 Å². The highest BCUT2D eigenvalue weighted by Crippen LogP contribution is 2.53. The molecule has 0 aliphatic carbocycles. The van der Waals surface area contributed by atoms with Crippen LogP contribution in [0.15, 0.2) is 381 Å². The minimum absolute atomic E-state index is 0. The number of hydrogen-bond donors (Lipinski definition) is 1. The van der Waals surface area contributed by atoms with E-state index in [1.54, 1.807) is 0 Å². The van der Waals surface area contributed by atoms with Crippen molar-refractivity contribution in [1.29, 1.82) is 0 Å². The zero-order chi connectivity index (χ0) is 74.6. The summed E-state index contributed by atoms with van der Waals surface area (Å²) in [4.78, 5) is 2.51. The van der Waals surface area contributed by atoms with Crippen molar-refractivity contribution in [1.82, 2.24) is 0 Å². The molecule has 0 bridgehead atoms. The predicted octanol–water partition coefficient (Wildman–Crippen LogP) is 35.5. The Kier molecular flexibility index (Phi) is 19.2. The summed E-state index contributed by atoms with van der Waals surface area (Å²) in [5, 5.41) is 24.6. The van der Waals surface area contributed by atoms with Crippen LogP contribution in [0, 0.1) is 0 Å². The Morgan fingerprint density at radius 3 is 0.974 bits per heavy atom. The second kappa shape index (κ2) is 30.4. The normalized spacial score (nSPS) is 11.6. The Labute approximate surface area is 714 Å². The lowest BCUT2D eigenvalue weighted by Crippen LogP contribution is -2.10. The zero-order valence-electron chi connectivity index (χ0n) is 61.0. The molecule has 24 rings (SSSR count). The van der Waals surface area contributed by atoms with Crippen LogP contribution in [-0.4, -0.2) is 0 Å². The summed E-state index contributed by atoms with van der Waals surface area (Å²) < 4.78 is 17.1. The van der Waals surface area contributed by atoms with Crippen LogP contribution in [-0.2, 0) is 0 Å². The summed E-state index contributed by atoms with van der Waals surface area (Å²) in [6.07, 6.45) is 0. The topological polar surface area (TPSA) is 15.3 Å². The fourth-order valence-corrected chi connectivity index (χ4v) is 24.9. The van der Waals surface area contributed by atoms with Gasteiger partial charge in [-0.15, -0.1) is 92.0 Å². The number of fused-ring (bicyclic) bond motifs is 20. The minimum atomic E-state index is 0. The number of nitrogens with zero attached hydrogens (tertiary/aromatic N) is 1. The average Bonchev–Trinajstić information content (AvgIpc) is 1.60. The van der Waals surface area contributed by atoms with E-state index >= 15 is 0 Å².